The van der Waals surface area contributed by atoms with Gasteiger partial charge in [0.1, 0.15) is 0 Å². The molecule has 1 aliphatic heterocycles. The Labute approximate surface area is 128 Å². The van der Waals surface area contributed by atoms with E-state index in [-0.39, 0.29) is 0 Å². The minimum atomic E-state index is -0.900. The molecule has 1 heterocycles. The number of nitrogens with zero attached hydrogens (tertiary/aromatic N) is 1. The van der Waals surface area contributed by atoms with Gasteiger partial charge in [0.05, 0.1) is 11.3 Å². The minimum Gasteiger partial charge on any atom is -0.478 e. The zero-order valence-corrected chi connectivity index (χ0v) is 13.3. The van der Waals surface area contributed by atoms with Crippen molar-refractivity contribution in [3.05, 3.63) is 28.2 Å². The van der Waals surface area contributed by atoms with Crippen LogP contribution in [0.3, 0.4) is 0 Å². The van der Waals surface area contributed by atoms with Crippen LogP contribution in [0, 0.1) is 0 Å². The summed E-state index contributed by atoms with van der Waals surface area (Å²) < 4.78 is 0.624. The summed E-state index contributed by atoms with van der Waals surface area (Å²) in [7, 11) is 0. The molecule has 110 valence electrons. The lowest BCUT2D eigenvalue weighted by Crippen LogP contribution is -2.39. The van der Waals surface area contributed by atoms with Gasteiger partial charge in [0, 0.05) is 23.6 Å². The molecule has 0 spiro atoms. The Bertz CT molecular complexity index is 471. The normalized spacial score (nSPS) is 17.1. The van der Waals surface area contributed by atoms with E-state index in [1.54, 1.807) is 6.07 Å². The Morgan fingerprint density at radius 3 is 2.75 bits per heavy atom. The Hall–Kier alpha value is -1.07. The number of carbonyl (C=O) groups is 1. The molecule has 0 saturated carbocycles. The second kappa shape index (κ2) is 7.09. The largest absolute Gasteiger partial charge is 0.478 e. The molecule has 4 nitrogen and oxygen atoms in total. The van der Waals surface area contributed by atoms with Gasteiger partial charge in [-0.2, -0.15) is 0 Å². The molecule has 0 bridgehead atoms. The van der Waals surface area contributed by atoms with Gasteiger partial charge in [0.2, 0.25) is 0 Å². The van der Waals surface area contributed by atoms with Crippen molar-refractivity contribution in [1.29, 1.82) is 0 Å². The van der Waals surface area contributed by atoms with E-state index in [0.29, 0.717) is 21.8 Å². The van der Waals surface area contributed by atoms with Crippen LogP contribution in [0.2, 0.25) is 0 Å². The Balaban J connectivity index is 2.01. The van der Waals surface area contributed by atoms with E-state index in [0.717, 1.165) is 32.5 Å². The quantitative estimate of drug-likeness (QED) is 0.862. The molecule has 1 fully saturated rings. The third-order valence-electron chi connectivity index (χ3n) is 3.71. The number of nitrogens with one attached hydrogen (secondary N) is 1. The molecule has 5 heteroatoms. The molecule has 1 aliphatic rings. The first kappa shape index (κ1) is 15.3. The van der Waals surface area contributed by atoms with Gasteiger partial charge in [0.25, 0.3) is 0 Å². The van der Waals surface area contributed by atoms with E-state index in [9.17, 15) is 9.90 Å². The summed E-state index contributed by atoms with van der Waals surface area (Å²) in [6.45, 7) is 5.53. The van der Waals surface area contributed by atoms with Crippen LogP contribution >= 0.6 is 15.9 Å². The number of piperidine rings is 1. The monoisotopic (exact) mass is 340 g/mol. The summed E-state index contributed by atoms with van der Waals surface area (Å²) in [6, 6.07) is 5.83. The fraction of sp³-hybridized carbons (Fsp3) is 0.533. The van der Waals surface area contributed by atoms with Crippen molar-refractivity contribution in [2.45, 2.75) is 32.2 Å². The van der Waals surface area contributed by atoms with Gasteiger partial charge >= 0.3 is 5.97 Å². The summed E-state index contributed by atoms with van der Waals surface area (Å²) in [5.74, 6) is -0.900. The van der Waals surface area contributed by atoms with Crippen LogP contribution in [0.25, 0.3) is 0 Å². The molecular weight excluding hydrogens is 320 g/mol. The number of halogens is 1. The van der Waals surface area contributed by atoms with Crippen molar-refractivity contribution in [1.82, 2.24) is 4.90 Å². The maximum atomic E-state index is 11.3. The van der Waals surface area contributed by atoms with Gasteiger partial charge < -0.3 is 15.3 Å². The summed E-state index contributed by atoms with van der Waals surface area (Å²) in [4.78, 5) is 13.8. The summed E-state index contributed by atoms with van der Waals surface area (Å²) in [5, 5.41) is 12.7. The maximum absolute atomic E-state index is 11.3. The molecule has 1 aromatic rings. The number of hydrogen-bond donors (Lipinski definition) is 2. The Morgan fingerprint density at radius 2 is 2.15 bits per heavy atom. The molecule has 0 unspecified atom stereocenters. The van der Waals surface area contributed by atoms with Gasteiger partial charge in [-0.15, -0.1) is 0 Å². The first-order valence-corrected chi connectivity index (χ1v) is 7.91. The fourth-order valence-corrected chi connectivity index (χ4v) is 3.23. The average molecular weight is 341 g/mol. The molecule has 2 rings (SSSR count). The third kappa shape index (κ3) is 3.73. The number of rotatable bonds is 5. The highest BCUT2D eigenvalue weighted by Gasteiger charge is 2.21. The highest BCUT2D eigenvalue weighted by Crippen LogP contribution is 2.27. The predicted octanol–water partition coefficient (Wildman–Crippen LogP) is 3.43. The smallest absolute Gasteiger partial charge is 0.338 e. The highest BCUT2D eigenvalue weighted by molar-refractivity contribution is 9.10. The van der Waals surface area contributed by atoms with E-state index < -0.39 is 5.97 Å². The number of carboxylic acids is 1. The molecule has 0 aliphatic carbocycles. The van der Waals surface area contributed by atoms with E-state index in [2.05, 4.69) is 33.1 Å². The van der Waals surface area contributed by atoms with Crippen molar-refractivity contribution < 1.29 is 9.90 Å². The van der Waals surface area contributed by atoms with Crippen molar-refractivity contribution in [3.63, 3.8) is 0 Å². The van der Waals surface area contributed by atoms with Crippen molar-refractivity contribution in [3.8, 4) is 0 Å². The summed E-state index contributed by atoms with van der Waals surface area (Å²) >= 11 is 3.31. The molecule has 0 radical (unpaired) electrons. The highest BCUT2D eigenvalue weighted by atomic mass is 79.9. The SMILES string of the molecule is CCCN1CCC(Nc2cccc(Br)c2C(=O)O)CC1. The lowest BCUT2D eigenvalue weighted by molar-refractivity contribution is 0.0697. The zero-order chi connectivity index (χ0) is 14.5. The van der Waals surface area contributed by atoms with Gasteiger partial charge in [-0.1, -0.05) is 13.0 Å². The molecular formula is C15H21BrN2O2. The van der Waals surface area contributed by atoms with Gasteiger partial charge in [0.15, 0.2) is 0 Å². The van der Waals surface area contributed by atoms with Crippen LogP contribution in [0.5, 0.6) is 0 Å². The molecule has 2 N–H and O–H groups in total. The standard InChI is InChI=1S/C15H21BrN2O2/c1-2-8-18-9-6-11(7-10-18)17-13-5-3-4-12(16)14(13)15(19)20/h3-5,11,17H,2,6-10H2,1H3,(H,19,20). The molecule has 0 amide bonds. The predicted molar refractivity (Wildman–Crippen MR) is 84.5 cm³/mol. The maximum Gasteiger partial charge on any atom is 0.338 e. The van der Waals surface area contributed by atoms with E-state index >= 15 is 0 Å². The average Bonchev–Trinajstić information content (AvgIpc) is 2.41. The van der Waals surface area contributed by atoms with Gasteiger partial charge in [-0.25, -0.2) is 4.79 Å². The number of benzene rings is 1. The van der Waals surface area contributed by atoms with Crippen LogP contribution in [0.15, 0.2) is 22.7 Å². The third-order valence-corrected chi connectivity index (χ3v) is 4.38. The molecule has 0 atom stereocenters. The van der Waals surface area contributed by atoms with Crippen LogP contribution in [0.1, 0.15) is 36.5 Å². The Kier molecular flexibility index (Phi) is 5.43. The van der Waals surface area contributed by atoms with Gasteiger partial charge in [-0.05, 0) is 53.9 Å². The number of aromatic carboxylic acids is 1. The summed E-state index contributed by atoms with van der Waals surface area (Å²) in [5.41, 5.74) is 1.03. The Morgan fingerprint density at radius 1 is 1.45 bits per heavy atom. The molecule has 20 heavy (non-hydrogen) atoms. The van der Waals surface area contributed by atoms with Crippen LogP contribution < -0.4 is 5.32 Å². The van der Waals surface area contributed by atoms with Crippen LogP contribution in [-0.2, 0) is 0 Å². The number of likely N-dealkylation sites (tertiary alicyclic amines) is 1. The minimum absolute atomic E-state index is 0.323. The first-order valence-electron chi connectivity index (χ1n) is 7.12. The number of carboxylic acid groups (broad SMARTS) is 1. The molecule has 1 aromatic carbocycles. The van der Waals surface area contributed by atoms with Crippen molar-refractivity contribution >= 4 is 27.6 Å². The van der Waals surface area contributed by atoms with Crippen LogP contribution in [0.4, 0.5) is 5.69 Å². The van der Waals surface area contributed by atoms with E-state index in [4.69, 9.17) is 0 Å². The lowest BCUT2D eigenvalue weighted by atomic mass is 10.0. The molecule has 0 aromatic heterocycles. The summed E-state index contributed by atoms with van der Waals surface area (Å²) in [6.07, 6.45) is 3.31. The van der Waals surface area contributed by atoms with Gasteiger partial charge in [-0.3, -0.25) is 0 Å². The lowest BCUT2D eigenvalue weighted by Gasteiger charge is -2.32. The van der Waals surface area contributed by atoms with Crippen molar-refractivity contribution in [2.24, 2.45) is 0 Å². The van der Waals surface area contributed by atoms with E-state index in [1.165, 1.54) is 6.42 Å². The number of anilines is 1. The zero-order valence-electron chi connectivity index (χ0n) is 11.7. The topological polar surface area (TPSA) is 52.6 Å². The second-order valence-electron chi connectivity index (χ2n) is 5.23. The van der Waals surface area contributed by atoms with Crippen LogP contribution in [-0.4, -0.2) is 41.7 Å². The first-order chi connectivity index (χ1) is 9.61. The second-order valence-corrected chi connectivity index (χ2v) is 6.08. The molecule has 1 saturated heterocycles. The number of hydrogen-bond acceptors (Lipinski definition) is 3. The fourth-order valence-electron chi connectivity index (χ4n) is 2.70. The van der Waals surface area contributed by atoms with E-state index in [1.807, 2.05) is 12.1 Å². The van der Waals surface area contributed by atoms with Crippen molar-refractivity contribution in [2.75, 3.05) is 25.0 Å².